The minimum absolute atomic E-state index is 0.0383. The van der Waals surface area contributed by atoms with E-state index in [1.54, 1.807) is 49.5 Å². The van der Waals surface area contributed by atoms with E-state index in [1.165, 1.54) is 4.31 Å². The molecule has 2 heterocycles. The van der Waals surface area contributed by atoms with E-state index in [9.17, 15) is 13.2 Å². The highest BCUT2D eigenvalue weighted by Gasteiger charge is 2.30. The van der Waals surface area contributed by atoms with Crippen molar-refractivity contribution in [2.75, 3.05) is 40.4 Å². The van der Waals surface area contributed by atoms with Gasteiger partial charge in [0, 0.05) is 31.6 Å². The molecule has 1 saturated heterocycles. The Morgan fingerprint density at radius 3 is 2.26 bits per heavy atom. The van der Waals surface area contributed by atoms with Crippen molar-refractivity contribution in [3.8, 4) is 11.5 Å². The van der Waals surface area contributed by atoms with Gasteiger partial charge in [-0.2, -0.15) is 4.31 Å². The average molecular weight is 444 g/mol. The minimum Gasteiger partial charge on any atom is -0.496 e. The van der Waals surface area contributed by atoms with Crippen LogP contribution in [0, 0.1) is 0 Å². The van der Waals surface area contributed by atoms with Crippen LogP contribution in [0.1, 0.15) is 16.1 Å². The molecule has 0 aliphatic carbocycles. The van der Waals surface area contributed by atoms with E-state index in [0.717, 1.165) is 10.9 Å². The summed E-state index contributed by atoms with van der Waals surface area (Å²) in [4.78, 5) is 17.9. The van der Waals surface area contributed by atoms with Crippen molar-refractivity contribution in [1.29, 1.82) is 0 Å². The van der Waals surface area contributed by atoms with Gasteiger partial charge in [-0.3, -0.25) is 4.79 Å². The van der Waals surface area contributed by atoms with Crippen molar-refractivity contribution in [2.45, 2.75) is 5.75 Å². The fourth-order valence-electron chi connectivity index (χ4n) is 3.85. The molecule has 1 fully saturated rings. The van der Waals surface area contributed by atoms with Gasteiger partial charge in [0.25, 0.3) is 5.91 Å². The third-order valence-electron chi connectivity index (χ3n) is 5.50. The Bertz CT molecular complexity index is 1140. The van der Waals surface area contributed by atoms with Gasteiger partial charge < -0.3 is 19.4 Å². The molecule has 0 atom stereocenters. The molecule has 4 rings (SSSR count). The van der Waals surface area contributed by atoms with Gasteiger partial charge in [-0.15, -0.1) is 0 Å². The van der Waals surface area contributed by atoms with Gasteiger partial charge in [0.2, 0.25) is 10.0 Å². The number of sulfonamides is 1. The van der Waals surface area contributed by atoms with Crippen molar-refractivity contribution >= 4 is 26.8 Å². The van der Waals surface area contributed by atoms with Gasteiger partial charge in [0.15, 0.2) is 0 Å². The molecule has 3 aromatic rings. The predicted molar refractivity (Wildman–Crippen MR) is 118 cm³/mol. The Kier molecular flexibility index (Phi) is 5.88. The van der Waals surface area contributed by atoms with Crippen LogP contribution >= 0.6 is 0 Å². The fraction of sp³-hybridized carbons (Fsp3) is 0.318. The summed E-state index contributed by atoms with van der Waals surface area (Å²) < 4.78 is 37.7. The van der Waals surface area contributed by atoms with Gasteiger partial charge in [0.1, 0.15) is 17.2 Å². The minimum atomic E-state index is -3.43. The lowest BCUT2D eigenvalue weighted by atomic mass is 10.2. The highest BCUT2D eigenvalue weighted by Crippen LogP contribution is 2.33. The molecule has 1 aliphatic rings. The normalized spacial score (nSPS) is 15.2. The quantitative estimate of drug-likeness (QED) is 0.632. The second kappa shape index (κ2) is 8.60. The number of nitrogens with one attached hydrogen (secondary N) is 1. The first-order valence-corrected chi connectivity index (χ1v) is 11.6. The van der Waals surface area contributed by atoms with Crippen molar-refractivity contribution in [3.63, 3.8) is 0 Å². The molecule has 1 aromatic heterocycles. The SMILES string of the molecule is COc1ccc(OC)c2[nH]c(C(=O)N3CCN(S(=O)(=O)Cc4ccccc4)CC3)cc12. The third kappa shape index (κ3) is 4.24. The molecule has 0 saturated carbocycles. The molecule has 0 spiro atoms. The molecule has 31 heavy (non-hydrogen) atoms. The molecule has 2 aromatic carbocycles. The standard InChI is InChI=1S/C22H25N3O5S/c1-29-19-8-9-20(30-2)21-17(19)14-18(23-21)22(26)24-10-12-25(13-11-24)31(27,28)15-16-6-4-3-5-7-16/h3-9,14,23H,10-13,15H2,1-2H3. The predicted octanol–water partition coefficient (Wildman–Crippen LogP) is 2.47. The van der Waals surface area contributed by atoms with Crippen LogP contribution in [0.2, 0.25) is 0 Å². The number of rotatable bonds is 6. The Labute approximate surface area is 181 Å². The highest BCUT2D eigenvalue weighted by atomic mass is 32.2. The number of carbonyl (C=O) groups is 1. The van der Waals surface area contributed by atoms with E-state index in [0.29, 0.717) is 35.8 Å². The van der Waals surface area contributed by atoms with Gasteiger partial charge in [-0.25, -0.2) is 8.42 Å². The second-order valence-corrected chi connectivity index (χ2v) is 9.34. The van der Waals surface area contributed by atoms with Crippen LogP contribution in [0.3, 0.4) is 0 Å². The number of carbonyl (C=O) groups excluding carboxylic acids is 1. The lowest BCUT2D eigenvalue weighted by molar-refractivity contribution is 0.0693. The number of amides is 1. The van der Waals surface area contributed by atoms with E-state index in [4.69, 9.17) is 9.47 Å². The third-order valence-corrected chi connectivity index (χ3v) is 7.35. The molecule has 1 N–H and O–H groups in total. The molecular weight excluding hydrogens is 418 g/mol. The number of aromatic amines is 1. The first-order chi connectivity index (χ1) is 14.9. The molecule has 0 radical (unpaired) electrons. The fourth-order valence-corrected chi connectivity index (χ4v) is 5.36. The number of benzene rings is 2. The molecule has 1 aliphatic heterocycles. The van der Waals surface area contributed by atoms with E-state index in [1.807, 2.05) is 18.2 Å². The molecule has 164 valence electrons. The van der Waals surface area contributed by atoms with Crippen LogP contribution < -0.4 is 9.47 Å². The Morgan fingerprint density at radius 1 is 0.968 bits per heavy atom. The Balaban J connectivity index is 1.47. The van der Waals surface area contributed by atoms with Crippen LogP contribution in [0.4, 0.5) is 0 Å². The van der Waals surface area contributed by atoms with E-state index in [2.05, 4.69) is 4.98 Å². The van der Waals surface area contributed by atoms with E-state index < -0.39 is 10.0 Å². The number of aromatic nitrogens is 1. The largest absolute Gasteiger partial charge is 0.496 e. The van der Waals surface area contributed by atoms with Crippen LogP contribution in [0.15, 0.2) is 48.5 Å². The van der Waals surface area contributed by atoms with Crippen LogP contribution in [0.25, 0.3) is 10.9 Å². The second-order valence-electron chi connectivity index (χ2n) is 7.37. The summed E-state index contributed by atoms with van der Waals surface area (Å²) in [7, 11) is -0.292. The monoisotopic (exact) mass is 443 g/mol. The van der Waals surface area contributed by atoms with Crippen LogP contribution in [-0.4, -0.2) is 68.9 Å². The number of fused-ring (bicyclic) bond motifs is 1. The highest BCUT2D eigenvalue weighted by molar-refractivity contribution is 7.88. The molecule has 1 amide bonds. The number of piperazine rings is 1. The lowest BCUT2D eigenvalue weighted by Crippen LogP contribution is -2.50. The summed E-state index contributed by atoms with van der Waals surface area (Å²) in [6, 6.07) is 14.4. The first-order valence-electron chi connectivity index (χ1n) is 9.97. The number of hydrogen-bond donors (Lipinski definition) is 1. The molecule has 9 heteroatoms. The smallest absolute Gasteiger partial charge is 0.270 e. The summed E-state index contributed by atoms with van der Waals surface area (Å²) in [6.07, 6.45) is 0. The summed E-state index contributed by atoms with van der Waals surface area (Å²) in [5.41, 5.74) is 1.86. The van der Waals surface area contributed by atoms with Gasteiger partial charge in [0.05, 0.1) is 25.5 Å². The average Bonchev–Trinajstić information content (AvgIpc) is 3.24. The van der Waals surface area contributed by atoms with Crippen molar-refractivity contribution in [1.82, 2.24) is 14.2 Å². The van der Waals surface area contributed by atoms with Gasteiger partial charge in [-0.1, -0.05) is 30.3 Å². The molecule has 0 unspecified atom stereocenters. The number of methoxy groups -OCH3 is 2. The zero-order valence-corrected chi connectivity index (χ0v) is 18.3. The number of nitrogens with zero attached hydrogens (tertiary/aromatic N) is 2. The van der Waals surface area contributed by atoms with Gasteiger partial charge in [-0.05, 0) is 23.8 Å². The summed E-state index contributed by atoms with van der Waals surface area (Å²) in [5.74, 6) is 1.04. The maximum Gasteiger partial charge on any atom is 0.270 e. The van der Waals surface area contributed by atoms with E-state index in [-0.39, 0.29) is 24.7 Å². The van der Waals surface area contributed by atoms with Crippen LogP contribution in [-0.2, 0) is 15.8 Å². The number of ether oxygens (including phenoxy) is 2. The van der Waals surface area contributed by atoms with Crippen molar-refractivity contribution in [2.24, 2.45) is 0 Å². The molecule has 8 nitrogen and oxygen atoms in total. The summed E-state index contributed by atoms with van der Waals surface area (Å²) in [5, 5.41) is 0.759. The summed E-state index contributed by atoms with van der Waals surface area (Å²) in [6.45, 7) is 1.20. The topological polar surface area (TPSA) is 91.9 Å². The van der Waals surface area contributed by atoms with E-state index >= 15 is 0 Å². The summed E-state index contributed by atoms with van der Waals surface area (Å²) >= 11 is 0. The molecule has 0 bridgehead atoms. The van der Waals surface area contributed by atoms with Crippen molar-refractivity contribution in [3.05, 3.63) is 59.8 Å². The zero-order chi connectivity index (χ0) is 22.0. The lowest BCUT2D eigenvalue weighted by Gasteiger charge is -2.33. The maximum atomic E-state index is 13.1. The first kappa shape index (κ1) is 21.2. The number of hydrogen-bond acceptors (Lipinski definition) is 5. The van der Waals surface area contributed by atoms with Gasteiger partial charge >= 0.3 is 0 Å². The Hall–Kier alpha value is -3.04. The number of H-pyrrole nitrogens is 1. The zero-order valence-electron chi connectivity index (χ0n) is 17.5. The maximum absolute atomic E-state index is 13.1. The Morgan fingerprint density at radius 2 is 1.61 bits per heavy atom. The van der Waals surface area contributed by atoms with Crippen molar-refractivity contribution < 1.29 is 22.7 Å². The van der Waals surface area contributed by atoms with Crippen LogP contribution in [0.5, 0.6) is 11.5 Å². The molecular formula is C22H25N3O5S.